The first-order valence-corrected chi connectivity index (χ1v) is 6.68. The van der Waals surface area contributed by atoms with Crippen molar-refractivity contribution in [3.63, 3.8) is 0 Å². The number of carbonyl (C=O) groups is 1. The van der Waals surface area contributed by atoms with E-state index in [9.17, 15) is 4.79 Å². The molecular formula is C14H18N4O2. The molecule has 0 bridgehead atoms. The van der Waals surface area contributed by atoms with E-state index in [4.69, 9.17) is 4.74 Å². The van der Waals surface area contributed by atoms with Crippen LogP contribution in [0.5, 0.6) is 0 Å². The van der Waals surface area contributed by atoms with Gasteiger partial charge in [-0.2, -0.15) is 5.10 Å². The molecule has 2 aromatic rings. The number of hydrogen-bond donors (Lipinski definition) is 3. The van der Waals surface area contributed by atoms with Crippen molar-refractivity contribution in [2.75, 3.05) is 32.1 Å². The Morgan fingerprint density at radius 3 is 3.20 bits per heavy atom. The molecule has 1 aliphatic heterocycles. The number of fused-ring (bicyclic) bond motifs is 1. The third-order valence-electron chi connectivity index (χ3n) is 3.85. The molecular weight excluding hydrogens is 256 g/mol. The lowest BCUT2D eigenvalue weighted by Crippen LogP contribution is -2.41. The largest absolute Gasteiger partial charge is 0.384 e. The van der Waals surface area contributed by atoms with E-state index < -0.39 is 5.41 Å². The van der Waals surface area contributed by atoms with Crippen LogP contribution in [-0.4, -0.2) is 42.9 Å². The molecule has 0 saturated carbocycles. The Morgan fingerprint density at radius 1 is 1.55 bits per heavy atom. The fourth-order valence-corrected chi connectivity index (χ4v) is 2.68. The first-order valence-electron chi connectivity index (χ1n) is 6.68. The summed E-state index contributed by atoms with van der Waals surface area (Å²) in [4.78, 5) is 12.5. The average molecular weight is 274 g/mol. The molecule has 1 amide bonds. The number of aromatic amines is 1. The molecule has 6 heteroatoms. The second-order valence-corrected chi connectivity index (χ2v) is 5.27. The molecule has 1 aromatic carbocycles. The summed E-state index contributed by atoms with van der Waals surface area (Å²) < 4.78 is 5.23. The zero-order valence-electron chi connectivity index (χ0n) is 11.4. The van der Waals surface area contributed by atoms with E-state index in [0.717, 1.165) is 29.6 Å². The van der Waals surface area contributed by atoms with Gasteiger partial charge in [-0.1, -0.05) is 0 Å². The maximum absolute atomic E-state index is 12.5. The SMILES string of the molecule is COCC1(C(=O)Nc2ccc3cn[nH]c3c2)CCNC1. The summed E-state index contributed by atoms with van der Waals surface area (Å²) in [5.74, 6) is 0.00298. The van der Waals surface area contributed by atoms with Crippen LogP contribution in [0.1, 0.15) is 6.42 Å². The summed E-state index contributed by atoms with van der Waals surface area (Å²) in [6, 6.07) is 5.71. The van der Waals surface area contributed by atoms with Gasteiger partial charge in [0.2, 0.25) is 5.91 Å². The van der Waals surface area contributed by atoms with Gasteiger partial charge in [0.25, 0.3) is 0 Å². The third-order valence-corrected chi connectivity index (χ3v) is 3.85. The first-order chi connectivity index (χ1) is 9.73. The van der Waals surface area contributed by atoms with Gasteiger partial charge in [0.15, 0.2) is 0 Å². The molecule has 0 aliphatic carbocycles. The highest BCUT2D eigenvalue weighted by atomic mass is 16.5. The van der Waals surface area contributed by atoms with E-state index in [1.54, 1.807) is 13.3 Å². The summed E-state index contributed by atoms with van der Waals surface area (Å²) >= 11 is 0. The Kier molecular flexibility index (Phi) is 3.42. The summed E-state index contributed by atoms with van der Waals surface area (Å²) in [5, 5.41) is 14.1. The van der Waals surface area contributed by atoms with Gasteiger partial charge in [-0.05, 0) is 31.2 Å². The summed E-state index contributed by atoms with van der Waals surface area (Å²) in [5.41, 5.74) is 1.21. The van der Waals surface area contributed by atoms with Crippen LogP contribution >= 0.6 is 0 Å². The van der Waals surface area contributed by atoms with Gasteiger partial charge in [0.05, 0.1) is 23.7 Å². The number of ether oxygens (including phenoxy) is 1. The molecule has 6 nitrogen and oxygen atoms in total. The van der Waals surface area contributed by atoms with E-state index in [1.807, 2.05) is 18.2 Å². The van der Waals surface area contributed by atoms with Crippen LogP contribution in [0.2, 0.25) is 0 Å². The van der Waals surface area contributed by atoms with Crippen LogP contribution in [0, 0.1) is 5.41 Å². The average Bonchev–Trinajstić information content (AvgIpc) is 3.08. The fraction of sp³-hybridized carbons (Fsp3) is 0.429. The number of amides is 1. The Balaban J connectivity index is 1.80. The van der Waals surface area contributed by atoms with Crippen molar-refractivity contribution in [3.05, 3.63) is 24.4 Å². The number of carbonyl (C=O) groups excluding carboxylic acids is 1. The summed E-state index contributed by atoms with van der Waals surface area (Å²) in [7, 11) is 1.63. The summed E-state index contributed by atoms with van der Waals surface area (Å²) in [6.45, 7) is 1.92. The Morgan fingerprint density at radius 2 is 2.45 bits per heavy atom. The monoisotopic (exact) mass is 274 g/mol. The number of hydrogen-bond acceptors (Lipinski definition) is 4. The molecule has 106 valence electrons. The molecule has 1 unspecified atom stereocenters. The fourth-order valence-electron chi connectivity index (χ4n) is 2.68. The Bertz CT molecular complexity index is 616. The van der Waals surface area contributed by atoms with Crippen molar-refractivity contribution in [3.8, 4) is 0 Å². The van der Waals surface area contributed by atoms with Crippen LogP contribution in [0.15, 0.2) is 24.4 Å². The minimum Gasteiger partial charge on any atom is -0.384 e. The van der Waals surface area contributed by atoms with Gasteiger partial charge in [0.1, 0.15) is 0 Å². The van der Waals surface area contributed by atoms with E-state index >= 15 is 0 Å². The maximum Gasteiger partial charge on any atom is 0.234 e. The standard InChI is InChI=1S/C14H18N4O2/c1-20-9-14(4-5-15-8-14)13(19)17-11-3-2-10-7-16-18-12(10)6-11/h2-3,6-7,15H,4-5,8-9H2,1H3,(H,16,18)(H,17,19). The number of methoxy groups -OCH3 is 1. The smallest absolute Gasteiger partial charge is 0.234 e. The molecule has 1 saturated heterocycles. The number of nitrogens with one attached hydrogen (secondary N) is 3. The lowest BCUT2D eigenvalue weighted by molar-refractivity contribution is -0.127. The van der Waals surface area contributed by atoms with Crippen molar-refractivity contribution < 1.29 is 9.53 Å². The van der Waals surface area contributed by atoms with Crippen LogP contribution < -0.4 is 10.6 Å². The number of aromatic nitrogens is 2. The molecule has 0 radical (unpaired) electrons. The van der Waals surface area contributed by atoms with Crippen LogP contribution in [0.25, 0.3) is 10.9 Å². The van der Waals surface area contributed by atoms with E-state index in [1.165, 1.54) is 0 Å². The number of nitrogens with zero attached hydrogens (tertiary/aromatic N) is 1. The van der Waals surface area contributed by atoms with Gasteiger partial charge in [-0.25, -0.2) is 0 Å². The van der Waals surface area contributed by atoms with Crippen molar-refractivity contribution in [2.24, 2.45) is 5.41 Å². The lowest BCUT2D eigenvalue weighted by Gasteiger charge is -2.25. The second kappa shape index (κ2) is 5.22. The summed E-state index contributed by atoms with van der Waals surface area (Å²) in [6.07, 6.45) is 2.55. The van der Waals surface area contributed by atoms with Crippen molar-refractivity contribution in [1.29, 1.82) is 0 Å². The van der Waals surface area contributed by atoms with E-state index in [0.29, 0.717) is 13.2 Å². The molecule has 0 spiro atoms. The van der Waals surface area contributed by atoms with Gasteiger partial charge >= 0.3 is 0 Å². The molecule has 3 N–H and O–H groups in total. The number of anilines is 1. The first kappa shape index (κ1) is 13.1. The van der Waals surface area contributed by atoms with Crippen LogP contribution in [-0.2, 0) is 9.53 Å². The molecule has 1 aromatic heterocycles. The Hall–Kier alpha value is -1.92. The van der Waals surface area contributed by atoms with Gasteiger partial charge in [-0.3, -0.25) is 9.89 Å². The number of benzene rings is 1. The number of H-pyrrole nitrogens is 1. The third kappa shape index (κ3) is 2.28. The van der Waals surface area contributed by atoms with Gasteiger partial charge in [-0.15, -0.1) is 0 Å². The lowest BCUT2D eigenvalue weighted by atomic mass is 9.87. The highest BCUT2D eigenvalue weighted by Gasteiger charge is 2.41. The topological polar surface area (TPSA) is 79.0 Å². The maximum atomic E-state index is 12.5. The second-order valence-electron chi connectivity index (χ2n) is 5.27. The molecule has 3 rings (SSSR count). The zero-order valence-corrected chi connectivity index (χ0v) is 11.4. The highest BCUT2D eigenvalue weighted by molar-refractivity contribution is 5.97. The van der Waals surface area contributed by atoms with Gasteiger partial charge in [0, 0.05) is 24.7 Å². The van der Waals surface area contributed by atoms with Crippen molar-refractivity contribution >= 4 is 22.5 Å². The minimum atomic E-state index is -0.475. The van der Waals surface area contributed by atoms with Gasteiger partial charge < -0.3 is 15.4 Å². The quantitative estimate of drug-likeness (QED) is 0.781. The number of rotatable bonds is 4. The molecule has 1 fully saturated rings. The zero-order chi connectivity index (χ0) is 14.0. The van der Waals surface area contributed by atoms with Crippen LogP contribution in [0.3, 0.4) is 0 Å². The van der Waals surface area contributed by atoms with E-state index in [-0.39, 0.29) is 5.91 Å². The Labute approximate surface area is 116 Å². The predicted molar refractivity (Wildman–Crippen MR) is 76.5 cm³/mol. The molecule has 2 heterocycles. The molecule has 20 heavy (non-hydrogen) atoms. The minimum absolute atomic E-state index is 0.00298. The van der Waals surface area contributed by atoms with E-state index in [2.05, 4.69) is 20.8 Å². The molecule has 1 aliphatic rings. The van der Waals surface area contributed by atoms with Crippen molar-refractivity contribution in [2.45, 2.75) is 6.42 Å². The van der Waals surface area contributed by atoms with Crippen molar-refractivity contribution in [1.82, 2.24) is 15.5 Å². The normalized spacial score (nSPS) is 22.2. The molecule has 1 atom stereocenters. The predicted octanol–water partition coefficient (Wildman–Crippen LogP) is 1.13. The van der Waals surface area contributed by atoms with Crippen LogP contribution in [0.4, 0.5) is 5.69 Å². The highest BCUT2D eigenvalue weighted by Crippen LogP contribution is 2.28.